The highest BCUT2D eigenvalue weighted by molar-refractivity contribution is 6.09. The molecule has 2 aliphatic rings. The summed E-state index contributed by atoms with van der Waals surface area (Å²) in [4.78, 5) is 43.8. The molecular formula is C96H105N8. The summed E-state index contributed by atoms with van der Waals surface area (Å²) in [6.45, 7) is 54.2. The number of hydrogen-bond donors (Lipinski definition) is 2. The van der Waals surface area contributed by atoms with Gasteiger partial charge in [0.2, 0.25) is 0 Å². The van der Waals surface area contributed by atoms with Crippen molar-refractivity contribution in [3.05, 3.63) is 284 Å². The number of aromatic amines is 2. The summed E-state index contributed by atoms with van der Waals surface area (Å²) in [5.41, 5.74) is 25.5. The summed E-state index contributed by atoms with van der Waals surface area (Å²) >= 11 is 0. The maximum absolute atomic E-state index is 6.02. The Morgan fingerprint density at radius 3 is 0.558 bits per heavy atom. The van der Waals surface area contributed by atoms with E-state index in [0.717, 1.165) is 94.6 Å². The van der Waals surface area contributed by atoms with Gasteiger partial charge in [-0.15, -0.1) is 0 Å². The van der Waals surface area contributed by atoms with Crippen LogP contribution >= 0.6 is 0 Å². The quantitative estimate of drug-likeness (QED) is 0.157. The van der Waals surface area contributed by atoms with E-state index in [4.69, 9.17) is 29.9 Å². The fourth-order valence-corrected chi connectivity index (χ4v) is 14.1. The monoisotopic (exact) mass is 1370 g/mol. The van der Waals surface area contributed by atoms with Crippen molar-refractivity contribution in [2.24, 2.45) is 0 Å². The van der Waals surface area contributed by atoms with Gasteiger partial charge in [-0.1, -0.05) is 348 Å². The molecule has 104 heavy (non-hydrogen) atoms. The van der Waals surface area contributed by atoms with Crippen LogP contribution in [0.4, 0.5) is 0 Å². The first-order valence-electron chi connectivity index (χ1n) is 37.2. The van der Waals surface area contributed by atoms with Gasteiger partial charge in [-0.3, -0.25) is 0 Å². The van der Waals surface area contributed by atoms with Crippen LogP contribution in [0.1, 0.15) is 256 Å². The SMILES string of the molecule is CC(C)(C)c1[c]cc(C2=C(c3ccc(C(C)(C)C)cc3)c3nc2nc2[nH]c(nc4nc(nc5[nH]c(n3)c(-c3ccc(C(C)(C)C)cc3)c5-c3ccc(C(C)(C)C)cc3)C(c3ccc(C(C)(C)C)cc3)=C4c3ccc(C(C)(C)C)cc3)c(-c3ccc(C(C)(C)C)cc3)c2-c2ccc(C(C)(C)C)cc2)cc1. The average molecular weight is 1370 g/mol. The van der Waals surface area contributed by atoms with Crippen LogP contribution in [0.15, 0.2) is 188 Å². The van der Waals surface area contributed by atoms with Crippen molar-refractivity contribution in [3.63, 3.8) is 0 Å². The Bertz CT molecular complexity index is 4640. The van der Waals surface area contributed by atoms with Crippen LogP contribution in [-0.4, -0.2) is 39.9 Å². The lowest BCUT2D eigenvalue weighted by Crippen LogP contribution is -2.11. The maximum atomic E-state index is 6.02. The summed E-state index contributed by atoms with van der Waals surface area (Å²) in [5, 5.41) is 0. The van der Waals surface area contributed by atoms with E-state index in [1.807, 2.05) is 0 Å². The van der Waals surface area contributed by atoms with Crippen LogP contribution in [-0.2, 0) is 43.3 Å². The second-order valence-corrected chi connectivity index (χ2v) is 37.1. The molecule has 3 aromatic heterocycles. The molecule has 0 aliphatic carbocycles. The first-order valence-corrected chi connectivity index (χ1v) is 37.2. The molecule has 0 amide bonds. The van der Waals surface area contributed by atoms with Gasteiger partial charge in [0.15, 0.2) is 23.3 Å². The van der Waals surface area contributed by atoms with Crippen molar-refractivity contribution in [2.45, 2.75) is 209 Å². The second kappa shape index (κ2) is 26.0. The third kappa shape index (κ3) is 14.4. The van der Waals surface area contributed by atoms with Crippen LogP contribution < -0.4 is 0 Å². The van der Waals surface area contributed by atoms with Crippen LogP contribution in [0.3, 0.4) is 0 Å². The molecule has 0 saturated carbocycles. The van der Waals surface area contributed by atoms with Crippen LogP contribution in [0.2, 0.25) is 0 Å². The molecule has 13 rings (SSSR count). The number of rotatable bonds is 8. The van der Waals surface area contributed by atoms with E-state index in [9.17, 15) is 0 Å². The first-order chi connectivity index (χ1) is 48.6. The third-order valence-corrected chi connectivity index (χ3v) is 20.8. The molecule has 0 saturated heterocycles. The predicted octanol–water partition coefficient (Wildman–Crippen LogP) is 24.8. The topological polar surface area (TPSA) is 109 Å². The number of nitrogens with zero attached hydrogens (tertiary/aromatic N) is 6. The van der Waals surface area contributed by atoms with Crippen LogP contribution in [0.25, 0.3) is 89.4 Å². The van der Waals surface area contributed by atoms with Gasteiger partial charge in [0, 0.05) is 44.5 Å². The molecule has 529 valence electrons. The minimum atomic E-state index is -0.165. The molecular weight excluding hydrogens is 1270 g/mol. The minimum Gasteiger partial charge on any atom is -0.324 e. The van der Waals surface area contributed by atoms with Gasteiger partial charge in [-0.2, -0.15) is 0 Å². The Hall–Kier alpha value is -9.92. The lowest BCUT2D eigenvalue weighted by Gasteiger charge is -2.20. The lowest BCUT2D eigenvalue weighted by atomic mass is 9.84. The number of aromatic nitrogens is 8. The summed E-state index contributed by atoms with van der Waals surface area (Å²) in [5.74, 6) is 1.97. The summed E-state index contributed by atoms with van der Waals surface area (Å²) in [6.07, 6.45) is 0. The summed E-state index contributed by atoms with van der Waals surface area (Å²) in [7, 11) is 0. The highest BCUT2D eigenvalue weighted by atomic mass is 15.1. The molecule has 8 aromatic carbocycles. The number of nitrogens with one attached hydrogen (secondary N) is 2. The average Bonchev–Trinajstić information content (AvgIpc) is 1.58. The first kappa shape index (κ1) is 72.4. The molecule has 0 fully saturated rings. The zero-order valence-electron chi connectivity index (χ0n) is 66.1. The van der Waals surface area contributed by atoms with Crippen molar-refractivity contribution in [1.82, 2.24) is 39.9 Å². The molecule has 2 N–H and O–H groups in total. The molecule has 11 aromatic rings. The van der Waals surface area contributed by atoms with Gasteiger partial charge in [0.05, 0.1) is 0 Å². The van der Waals surface area contributed by atoms with Crippen LogP contribution in [0, 0.1) is 6.07 Å². The molecule has 8 heteroatoms. The molecule has 0 unspecified atom stereocenters. The molecule has 8 bridgehead atoms. The van der Waals surface area contributed by atoms with E-state index in [0.29, 0.717) is 45.9 Å². The van der Waals surface area contributed by atoms with E-state index in [1.54, 1.807) is 0 Å². The third-order valence-electron chi connectivity index (χ3n) is 20.8. The van der Waals surface area contributed by atoms with E-state index < -0.39 is 0 Å². The molecule has 8 nitrogen and oxygen atoms in total. The fourth-order valence-electron chi connectivity index (χ4n) is 14.1. The van der Waals surface area contributed by atoms with Gasteiger partial charge in [0.25, 0.3) is 0 Å². The zero-order valence-corrected chi connectivity index (χ0v) is 66.1. The zero-order chi connectivity index (χ0) is 74.8. The van der Waals surface area contributed by atoms with E-state index >= 15 is 0 Å². The van der Waals surface area contributed by atoms with Crippen molar-refractivity contribution in [2.75, 3.05) is 0 Å². The van der Waals surface area contributed by atoms with E-state index in [1.165, 1.54) is 38.9 Å². The van der Waals surface area contributed by atoms with Crippen molar-refractivity contribution >= 4 is 44.9 Å². The minimum absolute atomic E-state index is 0.110. The molecule has 5 heterocycles. The van der Waals surface area contributed by atoms with E-state index in [2.05, 4.69) is 370 Å². The van der Waals surface area contributed by atoms with Crippen molar-refractivity contribution < 1.29 is 0 Å². The van der Waals surface area contributed by atoms with Crippen LogP contribution in [0.5, 0.6) is 0 Å². The fraction of sp³-hybridized carbons (Fsp3) is 0.333. The Morgan fingerprint density at radius 2 is 0.385 bits per heavy atom. The number of fused-ring (bicyclic) bond motifs is 8. The highest BCUT2D eigenvalue weighted by Crippen LogP contribution is 2.48. The smallest absolute Gasteiger partial charge is 0.165 e. The normalized spacial score (nSPS) is 13.7. The summed E-state index contributed by atoms with van der Waals surface area (Å²) < 4.78 is 0. The molecule has 1 radical (unpaired) electrons. The molecule has 2 aliphatic heterocycles. The number of hydrogen-bond acceptors (Lipinski definition) is 6. The van der Waals surface area contributed by atoms with Crippen molar-refractivity contribution in [1.29, 1.82) is 0 Å². The van der Waals surface area contributed by atoms with Gasteiger partial charge in [-0.05, 0) is 144 Å². The predicted molar refractivity (Wildman–Crippen MR) is 438 cm³/mol. The Kier molecular flexibility index (Phi) is 18.1. The Balaban J connectivity index is 1.30. The molecule has 0 atom stereocenters. The van der Waals surface area contributed by atoms with E-state index in [-0.39, 0.29) is 43.3 Å². The maximum Gasteiger partial charge on any atom is 0.165 e. The number of H-pyrrole nitrogens is 2. The Morgan fingerprint density at radius 1 is 0.202 bits per heavy atom. The van der Waals surface area contributed by atoms with Crippen molar-refractivity contribution in [3.8, 4) is 44.5 Å². The highest BCUT2D eigenvalue weighted by Gasteiger charge is 2.33. The van der Waals surface area contributed by atoms with Gasteiger partial charge >= 0.3 is 0 Å². The Labute approximate surface area is 619 Å². The molecule has 0 spiro atoms. The van der Waals surface area contributed by atoms with Gasteiger partial charge < -0.3 is 9.97 Å². The van der Waals surface area contributed by atoms with Gasteiger partial charge in [-0.25, -0.2) is 29.9 Å². The largest absolute Gasteiger partial charge is 0.324 e. The lowest BCUT2D eigenvalue weighted by molar-refractivity contribution is 0.589. The van der Waals surface area contributed by atoms with Gasteiger partial charge in [0.1, 0.15) is 22.6 Å². The second-order valence-electron chi connectivity index (χ2n) is 37.1. The number of benzene rings is 8. The summed E-state index contributed by atoms with van der Waals surface area (Å²) in [6, 6.07) is 73.3. The standard InChI is InChI=1S/C96H105N8/c1-89(2,3)65-41-25-57(26-42-65)73-74(58-27-43-66(44-28-58)90(4,5)6)82-97-81(73)101-83-75(59-29-45-67(46-30-59)91(7,8)9)76(60-31-47-68(48-32-60)92(10,11)12)85(98-83)103-87-79(63-37-53-71(54-38-63)95(19,20)21)80(64-39-55-72(56-40-64)96(22,23)24)88(100-87)104-86-78(62-35-51-70(52-36-62)94(16,17)18)77(84(99-86)102-82)61-33-49-69(50-34-61)93(13,14)15/h25-55H,1-24H3,(H2,97,98,99,100,101,102,103,104).